The first kappa shape index (κ1) is 17.6. The lowest BCUT2D eigenvalue weighted by molar-refractivity contribution is -0.140. The number of para-hydroxylation sites is 1. The second-order valence-electron chi connectivity index (χ2n) is 6.47. The SMILES string of the molecule is CC(C)C(NC(=O)c1cc(-c2ccccc2)nc2ccccc12)C(=O)O. The summed E-state index contributed by atoms with van der Waals surface area (Å²) in [6.07, 6.45) is 0. The zero-order valence-corrected chi connectivity index (χ0v) is 14.6. The Kier molecular flexibility index (Phi) is 4.98. The first-order valence-corrected chi connectivity index (χ1v) is 8.46. The van der Waals surface area contributed by atoms with Gasteiger partial charge in [0.25, 0.3) is 5.91 Å². The van der Waals surface area contributed by atoms with Crippen molar-refractivity contribution in [3.63, 3.8) is 0 Å². The summed E-state index contributed by atoms with van der Waals surface area (Å²) in [5.74, 6) is -1.69. The molecule has 0 aliphatic carbocycles. The molecule has 2 aromatic carbocycles. The summed E-state index contributed by atoms with van der Waals surface area (Å²) in [6, 6.07) is 17.7. The van der Waals surface area contributed by atoms with Crippen molar-refractivity contribution in [3.8, 4) is 11.3 Å². The first-order valence-electron chi connectivity index (χ1n) is 8.46. The normalized spacial score (nSPS) is 12.1. The third-order valence-electron chi connectivity index (χ3n) is 4.25. The summed E-state index contributed by atoms with van der Waals surface area (Å²) < 4.78 is 0. The number of carboxylic acid groups (broad SMARTS) is 1. The van der Waals surface area contributed by atoms with Crippen LogP contribution in [0.2, 0.25) is 0 Å². The topological polar surface area (TPSA) is 79.3 Å². The van der Waals surface area contributed by atoms with E-state index in [1.54, 1.807) is 19.9 Å². The third-order valence-corrected chi connectivity index (χ3v) is 4.25. The smallest absolute Gasteiger partial charge is 0.326 e. The number of nitrogens with zero attached hydrogens (tertiary/aromatic N) is 1. The number of benzene rings is 2. The summed E-state index contributed by atoms with van der Waals surface area (Å²) in [4.78, 5) is 28.9. The molecule has 132 valence electrons. The average Bonchev–Trinajstić information content (AvgIpc) is 2.65. The minimum absolute atomic E-state index is 0.224. The molecule has 0 saturated heterocycles. The number of carboxylic acids is 1. The molecular formula is C21H20N2O3. The van der Waals surface area contributed by atoms with Gasteiger partial charge >= 0.3 is 5.97 Å². The molecule has 5 nitrogen and oxygen atoms in total. The molecule has 0 saturated carbocycles. The molecule has 3 aromatic rings. The van der Waals surface area contributed by atoms with Crippen molar-refractivity contribution >= 4 is 22.8 Å². The standard InChI is InChI=1S/C21H20N2O3/c1-13(2)19(21(25)26)23-20(24)16-12-18(14-8-4-3-5-9-14)22-17-11-7-6-10-15(16)17/h3-13,19H,1-2H3,(H,23,24)(H,25,26). The maximum Gasteiger partial charge on any atom is 0.326 e. The lowest BCUT2D eigenvalue weighted by Gasteiger charge is -2.18. The Labute approximate surface area is 151 Å². The molecule has 1 heterocycles. The lowest BCUT2D eigenvalue weighted by Crippen LogP contribution is -2.44. The predicted octanol–water partition coefficient (Wildman–Crippen LogP) is 3.74. The van der Waals surface area contributed by atoms with Crippen LogP contribution in [0.25, 0.3) is 22.2 Å². The van der Waals surface area contributed by atoms with Gasteiger partial charge in [-0.25, -0.2) is 9.78 Å². The van der Waals surface area contributed by atoms with E-state index < -0.39 is 17.9 Å². The second kappa shape index (κ2) is 7.35. The Balaban J connectivity index is 2.09. The summed E-state index contributed by atoms with van der Waals surface area (Å²) in [5.41, 5.74) is 2.67. The van der Waals surface area contributed by atoms with E-state index in [-0.39, 0.29) is 5.92 Å². The number of pyridine rings is 1. The van der Waals surface area contributed by atoms with Crippen molar-refractivity contribution in [2.75, 3.05) is 0 Å². The van der Waals surface area contributed by atoms with Crippen LogP contribution in [0.4, 0.5) is 0 Å². The van der Waals surface area contributed by atoms with E-state index in [2.05, 4.69) is 10.3 Å². The van der Waals surface area contributed by atoms with Crippen LogP contribution in [0.15, 0.2) is 60.7 Å². The van der Waals surface area contributed by atoms with Gasteiger partial charge in [0.05, 0.1) is 16.8 Å². The molecule has 0 bridgehead atoms. The highest BCUT2D eigenvalue weighted by Gasteiger charge is 2.25. The molecule has 0 aliphatic heterocycles. The van der Waals surface area contributed by atoms with Crippen LogP contribution in [0.5, 0.6) is 0 Å². The molecule has 2 N–H and O–H groups in total. The van der Waals surface area contributed by atoms with Crippen LogP contribution < -0.4 is 5.32 Å². The number of amides is 1. The zero-order chi connectivity index (χ0) is 18.7. The summed E-state index contributed by atoms with van der Waals surface area (Å²) in [5, 5.41) is 12.7. The Morgan fingerprint density at radius 1 is 1.00 bits per heavy atom. The van der Waals surface area contributed by atoms with Crippen molar-refractivity contribution in [2.24, 2.45) is 5.92 Å². The minimum atomic E-state index is -1.05. The van der Waals surface area contributed by atoms with Gasteiger partial charge in [0, 0.05) is 10.9 Å². The molecule has 0 radical (unpaired) electrons. The number of fused-ring (bicyclic) bond motifs is 1. The maximum absolute atomic E-state index is 12.9. The molecule has 1 amide bonds. The summed E-state index contributed by atoms with van der Waals surface area (Å²) in [6.45, 7) is 3.53. The van der Waals surface area contributed by atoms with Gasteiger partial charge in [-0.2, -0.15) is 0 Å². The van der Waals surface area contributed by atoms with Gasteiger partial charge in [-0.15, -0.1) is 0 Å². The van der Waals surface area contributed by atoms with Gasteiger partial charge in [0.2, 0.25) is 0 Å². The van der Waals surface area contributed by atoms with Crippen molar-refractivity contribution in [3.05, 3.63) is 66.2 Å². The number of nitrogens with one attached hydrogen (secondary N) is 1. The van der Waals surface area contributed by atoms with Crippen LogP contribution in [0.3, 0.4) is 0 Å². The van der Waals surface area contributed by atoms with E-state index in [1.807, 2.05) is 54.6 Å². The summed E-state index contributed by atoms with van der Waals surface area (Å²) in [7, 11) is 0. The second-order valence-corrected chi connectivity index (χ2v) is 6.47. The summed E-state index contributed by atoms with van der Waals surface area (Å²) >= 11 is 0. The molecule has 26 heavy (non-hydrogen) atoms. The van der Waals surface area contributed by atoms with Crippen LogP contribution in [0, 0.1) is 5.92 Å². The fourth-order valence-electron chi connectivity index (χ4n) is 2.85. The molecule has 0 spiro atoms. The van der Waals surface area contributed by atoms with E-state index in [0.29, 0.717) is 22.2 Å². The van der Waals surface area contributed by atoms with Crippen LogP contribution in [-0.4, -0.2) is 28.0 Å². The van der Waals surface area contributed by atoms with Crippen LogP contribution in [0.1, 0.15) is 24.2 Å². The lowest BCUT2D eigenvalue weighted by atomic mass is 10.0. The highest BCUT2D eigenvalue weighted by Crippen LogP contribution is 2.25. The van der Waals surface area contributed by atoms with Crippen molar-refractivity contribution in [2.45, 2.75) is 19.9 Å². The van der Waals surface area contributed by atoms with Gasteiger partial charge in [0.15, 0.2) is 0 Å². The maximum atomic E-state index is 12.9. The Bertz CT molecular complexity index is 952. The average molecular weight is 348 g/mol. The molecule has 1 unspecified atom stereocenters. The number of carbonyl (C=O) groups is 2. The molecular weight excluding hydrogens is 328 g/mol. The highest BCUT2D eigenvalue weighted by molar-refractivity contribution is 6.08. The van der Waals surface area contributed by atoms with Gasteiger partial charge in [-0.1, -0.05) is 62.4 Å². The third kappa shape index (κ3) is 3.57. The largest absolute Gasteiger partial charge is 0.480 e. The van der Waals surface area contributed by atoms with Gasteiger partial charge in [-0.05, 0) is 18.1 Å². The minimum Gasteiger partial charge on any atom is -0.480 e. The fraction of sp³-hybridized carbons (Fsp3) is 0.190. The number of hydrogen-bond acceptors (Lipinski definition) is 3. The number of aromatic nitrogens is 1. The molecule has 1 atom stereocenters. The molecule has 3 rings (SSSR count). The zero-order valence-electron chi connectivity index (χ0n) is 14.6. The Morgan fingerprint density at radius 2 is 1.65 bits per heavy atom. The van der Waals surface area contributed by atoms with E-state index in [0.717, 1.165) is 5.56 Å². The highest BCUT2D eigenvalue weighted by atomic mass is 16.4. The van der Waals surface area contributed by atoms with E-state index in [4.69, 9.17) is 0 Å². The van der Waals surface area contributed by atoms with Gasteiger partial charge in [-0.3, -0.25) is 4.79 Å². The first-order chi connectivity index (χ1) is 12.5. The number of hydrogen-bond donors (Lipinski definition) is 2. The molecule has 0 aliphatic rings. The number of carbonyl (C=O) groups excluding carboxylic acids is 1. The molecule has 0 fully saturated rings. The van der Waals surface area contributed by atoms with E-state index in [1.165, 1.54) is 0 Å². The fourth-order valence-corrected chi connectivity index (χ4v) is 2.85. The van der Waals surface area contributed by atoms with Crippen LogP contribution in [-0.2, 0) is 4.79 Å². The van der Waals surface area contributed by atoms with E-state index >= 15 is 0 Å². The Hall–Kier alpha value is -3.21. The number of rotatable bonds is 5. The van der Waals surface area contributed by atoms with Gasteiger partial charge in [0.1, 0.15) is 6.04 Å². The quantitative estimate of drug-likeness (QED) is 0.736. The monoisotopic (exact) mass is 348 g/mol. The van der Waals surface area contributed by atoms with Crippen molar-refractivity contribution < 1.29 is 14.7 Å². The van der Waals surface area contributed by atoms with Gasteiger partial charge < -0.3 is 10.4 Å². The van der Waals surface area contributed by atoms with Crippen LogP contribution >= 0.6 is 0 Å². The van der Waals surface area contributed by atoms with E-state index in [9.17, 15) is 14.7 Å². The number of aliphatic carboxylic acids is 1. The predicted molar refractivity (Wildman–Crippen MR) is 101 cm³/mol. The Morgan fingerprint density at radius 3 is 2.31 bits per heavy atom. The molecule has 1 aromatic heterocycles. The van der Waals surface area contributed by atoms with Crippen molar-refractivity contribution in [1.29, 1.82) is 0 Å². The molecule has 5 heteroatoms. The van der Waals surface area contributed by atoms with Crippen molar-refractivity contribution in [1.82, 2.24) is 10.3 Å².